The molecular formula is C14H11N3O5S. The van der Waals surface area contributed by atoms with Crippen LogP contribution in [0.3, 0.4) is 0 Å². The smallest absolute Gasteiger partial charge is 0.326 e. The van der Waals surface area contributed by atoms with Gasteiger partial charge in [-0.05, 0) is 36.4 Å². The van der Waals surface area contributed by atoms with Crippen LogP contribution in [0.5, 0.6) is 0 Å². The maximum Gasteiger partial charge on any atom is 0.326 e. The van der Waals surface area contributed by atoms with E-state index in [2.05, 4.69) is 10.6 Å². The number of hydrogen-bond acceptors (Lipinski definition) is 5. The molecule has 3 rings (SSSR count). The van der Waals surface area contributed by atoms with Gasteiger partial charge in [-0.1, -0.05) is 0 Å². The van der Waals surface area contributed by atoms with Crippen molar-refractivity contribution in [2.45, 2.75) is 4.90 Å². The number of primary sulfonamides is 1. The van der Waals surface area contributed by atoms with Crippen LogP contribution in [0.2, 0.25) is 0 Å². The van der Waals surface area contributed by atoms with Crippen molar-refractivity contribution in [1.82, 2.24) is 10.6 Å². The molecule has 4 N–H and O–H groups in total. The number of carbonyl (C=O) groups excluding carboxylic acids is 2. The Morgan fingerprint density at radius 2 is 1.70 bits per heavy atom. The highest BCUT2D eigenvalue weighted by atomic mass is 32.2. The zero-order valence-electron chi connectivity index (χ0n) is 11.6. The summed E-state index contributed by atoms with van der Waals surface area (Å²) in [5.74, 6) is 0.302. The summed E-state index contributed by atoms with van der Waals surface area (Å²) in [5, 5.41) is 9.46. The first-order valence-electron chi connectivity index (χ1n) is 6.40. The number of nitrogens with two attached hydrogens (primary N) is 1. The first kappa shape index (κ1) is 15.0. The summed E-state index contributed by atoms with van der Waals surface area (Å²) in [6.07, 6.45) is 1.39. The van der Waals surface area contributed by atoms with Crippen molar-refractivity contribution in [3.05, 3.63) is 47.9 Å². The molecule has 0 unspecified atom stereocenters. The van der Waals surface area contributed by atoms with Crippen molar-refractivity contribution in [1.29, 1.82) is 0 Å². The molecule has 0 spiro atoms. The second kappa shape index (κ2) is 5.38. The minimum absolute atomic E-state index is 0.000451. The quantitative estimate of drug-likeness (QED) is 0.564. The monoisotopic (exact) mass is 333 g/mol. The summed E-state index contributed by atoms with van der Waals surface area (Å²) in [6.45, 7) is 0. The molecule has 1 aromatic carbocycles. The van der Waals surface area contributed by atoms with Crippen molar-refractivity contribution in [2.75, 3.05) is 0 Å². The second-order valence-corrected chi connectivity index (χ2v) is 6.30. The maximum absolute atomic E-state index is 11.4. The molecule has 2 heterocycles. The van der Waals surface area contributed by atoms with Gasteiger partial charge in [-0.2, -0.15) is 0 Å². The molecule has 0 radical (unpaired) electrons. The number of sulfonamides is 1. The molecule has 3 amide bonds. The third-order valence-electron chi connectivity index (χ3n) is 3.10. The standard InChI is InChI=1S/C14H11N3O5S/c15-23(20,21)10-4-1-8(2-5-10)12-6-3-9(22-12)7-11-13(18)17-14(19)16-11/h1-7H,(H2,15,20,21)(H2,16,17,18,19). The average molecular weight is 333 g/mol. The molecule has 0 bridgehead atoms. The lowest BCUT2D eigenvalue weighted by Crippen LogP contribution is -2.22. The number of imide groups is 1. The van der Waals surface area contributed by atoms with Crippen LogP contribution < -0.4 is 15.8 Å². The number of rotatable bonds is 3. The van der Waals surface area contributed by atoms with E-state index in [1.165, 1.54) is 18.2 Å². The van der Waals surface area contributed by atoms with Crippen molar-refractivity contribution in [2.24, 2.45) is 5.14 Å². The van der Waals surface area contributed by atoms with E-state index in [1.807, 2.05) is 0 Å². The topological polar surface area (TPSA) is 132 Å². The first-order chi connectivity index (χ1) is 10.8. The van der Waals surface area contributed by atoms with Crippen molar-refractivity contribution >= 4 is 28.0 Å². The summed E-state index contributed by atoms with van der Waals surface area (Å²) in [7, 11) is -3.75. The summed E-state index contributed by atoms with van der Waals surface area (Å²) >= 11 is 0. The Morgan fingerprint density at radius 3 is 2.26 bits per heavy atom. The maximum atomic E-state index is 11.4. The van der Waals surface area contributed by atoms with Gasteiger partial charge in [0.25, 0.3) is 5.91 Å². The highest BCUT2D eigenvalue weighted by Gasteiger charge is 2.23. The van der Waals surface area contributed by atoms with Gasteiger partial charge in [-0.3, -0.25) is 10.1 Å². The molecule has 23 heavy (non-hydrogen) atoms. The van der Waals surface area contributed by atoms with E-state index in [0.717, 1.165) is 0 Å². The van der Waals surface area contributed by atoms with Gasteiger partial charge in [0.15, 0.2) is 0 Å². The van der Waals surface area contributed by atoms with Gasteiger partial charge >= 0.3 is 6.03 Å². The fourth-order valence-corrected chi connectivity index (χ4v) is 2.53. The molecule has 1 saturated heterocycles. The zero-order chi connectivity index (χ0) is 16.6. The highest BCUT2D eigenvalue weighted by molar-refractivity contribution is 7.89. The van der Waals surface area contributed by atoms with Gasteiger partial charge in [-0.25, -0.2) is 18.4 Å². The number of carbonyl (C=O) groups is 2. The van der Waals surface area contributed by atoms with Crippen LogP contribution in [0.1, 0.15) is 5.76 Å². The van der Waals surface area contributed by atoms with Gasteiger partial charge < -0.3 is 9.73 Å². The zero-order valence-corrected chi connectivity index (χ0v) is 12.4. The molecule has 8 nitrogen and oxygen atoms in total. The molecule has 0 aliphatic carbocycles. The molecule has 9 heteroatoms. The van der Waals surface area contributed by atoms with E-state index in [0.29, 0.717) is 17.1 Å². The second-order valence-electron chi connectivity index (χ2n) is 4.74. The van der Waals surface area contributed by atoms with Gasteiger partial charge in [0.1, 0.15) is 17.2 Å². The molecule has 0 saturated carbocycles. The largest absolute Gasteiger partial charge is 0.457 e. The number of benzene rings is 1. The minimum atomic E-state index is -3.75. The van der Waals surface area contributed by atoms with Crippen LogP contribution in [-0.4, -0.2) is 20.4 Å². The Balaban J connectivity index is 1.86. The Hall–Kier alpha value is -2.91. The van der Waals surface area contributed by atoms with Crippen molar-refractivity contribution in [3.63, 3.8) is 0 Å². The van der Waals surface area contributed by atoms with Gasteiger partial charge in [0.2, 0.25) is 10.0 Å². The molecular weight excluding hydrogens is 322 g/mol. The number of furan rings is 1. The predicted molar refractivity (Wildman–Crippen MR) is 80.2 cm³/mol. The van der Waals surface area contributed by atoms with E-state index in [-0.39, 0.29) is 10.6 Å². The lowest BCUT2D eigenvalue weighted by atomic mass is 10.2. The molecule has 1 aliphatic heterocycles. The Kier molecular flexibility index (Phi) is 3.51. The predicted octanol–water partition coefficient (Wildman–Crippen LogP) is 0.774. The third-order valence-corrected chi connectivity index (χ3v) is 4.03. The Labute approximate surface area is 131 Å². The number of hydrogen-bond donors (Lipinski definition) is 3. The lowest BCUT2D eigenvalue weighted by molar-refractivity contribution is -0.115. The first-order valence-corrected chi connectivity index (χ1v) is 7.95. The third kappa shape index (κ3) is 3.15. The van der Waals surface area contributed by atoms with Crippen LogP contribution in [-0.2, 0) is 14.8 Å². The Morgan fingerprint density at radius 1 is 1.00 bits per heavy atom. The number of nitrogens with one attached hydrogen (secondary N) is 2. The van der Waals surface area contributed by atoms with Crippen LogP contribution in [0.4, 0.5) is 4.79 Å². The van der Waals surface area contributed by atoms with Crippen LogP contribution in [0.15, 0.2) is 51.4 Å². The van der Waals surface area contributed by atoms with E-state index in [1.54, 1.807) is 24.3 Å². The number of amides is 3. The van der Waals surface area contributed by atoms with Crippen LogP contribution >= 0.6 is 0 Å². The summed E-state index contributed by atoms with van der Waals surface area (Å²) in [4.78, 5) is 22.4. The molecule has 1 aromatic heterocycles. The molecule has 118 valence electrons. The fourth-order valence-electron chi connectivity index (χ4n) is 2.02. The summed E-state index contributed by atoms with van der Waals surface area (Å²) in [5.41, 5.74) is 0.724. The molecule has 0 atom stereocenters. The normalized spacial score (nSPS) is 16.5. The van der Waals surface area contributed by atoms with Gasteiger partial charge in [0.05, 0.1) is 4.90 Å². The van der Waals surface area contributed by atoms with E-state index < -0.39 is 22.0 Å². The van der Waals surface area contributed by atoms with Gasteiger partial charge in [0, 0.05) is 11.6 Å². The number of urea groups is 1. The van der Waals surface area contributed by atoms with Crippen molar-refractivity contribution in [3.8, 4) is 11.3 Å². The van der Waals surface area contributed by atoms with Crippen molar-refractivity contribution < 1.29 is 22.4 Å². The highest BCUT2D eigenvalue weighted by Crippen LogP contribution is 2.24. The summed E-state index contributed by atoms with van der Waals surface area (Å²) in [6, 6.07) is 8.54. The van der Waals surface area contributed by atoms with Gasteiger partial charge in [-0.15, -0.1) is 0 Å². The molecule has 2 aromatic rings. The fraction of sp³-hybridized carbons (Fsp3) is 0. The minimum Gasteiger partial charge on any atom is -0.457 e. The van der Waals surface area contributed by atoms with E-state index >= 15 is 0 Å². The SMILES string of the molecule is NS(=O)(=O)c1ccc(-c2ccc(C=C3NC(=O)NC3=O)o2)cc1. The van der Waals surface area contributed by atoms with E-state index in [4.69, 9.17) is 9.56 Å². The Bertz CT molecular complexity index is 926. The molecule has 1 fully saturated rings. The average Bonchev–Trinajstić information content (AvgIpc) is 3.06. The summed E-state index contributed by atoms with van der Waals surface area (Å²) < 4.78 is 28.0. The van der Waals surface area contributed by atoms with Crippen LogP contribution in [0.25, 0.3) is 17.4 Å². The lowest BCUT2D eigenvalue weighted by Gasteiger charge is -2.00. The van der Waals surface area contributed by atoms with Crippen LogP contribution in [0, 0.1) is 0 Å². The molecule has 1 aliphatic rings. The van der Waals surface area contributed by atoms with E-state index in [9.17, 15) is 18.0 Å².